The lowest BCUT2D eigenvalue weighted by Crippen LogP contribution is -2.37. The molecule has 3 rings (SSSR count). The van der Waals surface area contributed by atoms with Crippen LogP contribution in [0, 0.1) is 0 Å². The second kappa shape index (κ2) is 7.98. The van der Waals surface area contributed by atoms with Crippen molar-refractivity contribution < 1.29 is 23.1 Å². The maximum atomic E-state index is 12.2. The summed E-state index contributed by atoms with van der Waals surface area (Å²) >= 11 is 13.5. The Bertz CT molecular complexity index is 919. The summed E-state index contributed by atoms with van der Waals surface area (Å²) in [5.74, 6) is -1.46. The number of amidine groups is 1. The van der Waals surface area contributed by atoms with Crippen LogP contribution in [0.3, 0.4) is 0 Å². The molecule has 2 heterocycles. The van der Waals surface area contributed by atoms with E-state index < -0.39 is 21.7 Å². The maximum Gasteiger partial charge on any atom is 0.303 e. The summed E-state index contributed by atoms with van der Waals surface area (Å²) in [6, 6.07) is 4.48. The minimum absolute atomic E-state index is 0.00613. The first-order valence-electron chi connectivity index (χ1n) is 8.11. The van der Waals surface area contributed by atoms with Gasteiger partial charge in [-0.15, -0.1) is 0 Å². The number of halogens is 2. The van der Waals surface area contributed by atoms with Gasteiger partial charge >= 0.3 is 5.97 Å². The number of anilines is 1. The van der Waals surface area contributed by atoms with E-state index >= 15 is 0 Å². The highest BCUT2D eigenvalue weighted by atomic mass is 35.5. The molecule has 0 saturated carbocycles. The molecule has 0 bridgehead atoms. The molecule has 1 amide bonds. The number of carboxylic acid groups (broad SMARTS) is 1. The van der Waals surface area contributed by atoms with E-state index in [-0.39, 0.29) is 42.1 Å². The molecule has 0 aromatic heterocycles. The highest BCUT2D eigenvalue weighted by Crippen LogP contribution is 2.43. The minimum atomic E-state index is -3.18. The van der Waals surface area contributed by atoms with Crippen molar-refractivity contribution in [2.45, 2.75) is 30.6 Å². The van der Waals surface area contributed by atoms with Crippen molar-refractivity contribution in [3.8, 4) is 0 Å². The zero-order valence-corrected chi connectivity index (χ0v) is 17.1. The Morgan fingerprint density at radius 2 is 2.00 bits per heavy atom. The predicted octanol–water partition coefficient (Wildman–Crippen LogP) is 2.85. The Balaban J connectivity index is 1.89. The van der Waals surface area contributed by atoms with Crippen molar-refractivity contribution in [3.63, 3.8) is 0 Å². The van der Waals surface area contributed by atoms with E-state index in [0.717, 1.165) is 0 Å². The molecule has 1 N–H and O–H groups in total. The zero-order valence-electron chi connectivity index (χ0n) is 14.0. The highest BCUT2D eigenvalue weighted by molar-refractivity contribution is 8.16. The number of thioether (sulfide) groups is 1. The summed E-state index contributed by atoms with van der Waals surface area (Å²) in [6.45, 7) is 0. The summed E-state index contributed by atoms with van der Waals surface area (Å²) in [4.78, 5) is 28.5. The molecule has 7 nitrogen and oxygen atoms in total. The number of aliphatic carboxylic acids is 1. The van der Waals surface area contributed by atoms with Crippen LogP contribution in [0.1, 0.15) is 19.3 Å². The van der Waals surface area contributed by atoms with E-state index in [2.05, 4.69) is 4.99 Å². The quantitative estimate of drug-likeness (QED) is 0.734. The molecular formula is C16H16Cl2N2O5S2. The number of hydrogen-bond donors (Lipinski definition) is 1. The van der Waals surface area contributed by atoms with Gasteiger partial charge in [-0.3, -0.25) is 9.59 Å². The van der Waals surface area contributed by atoms with Crippen molar-refractivity contribution in [2.24, 2.45) is 4.99 Å². The molecule has 11 heteroatoms. The molecule has 0 radical (unpaired) electrons. The van der Waals surface area contributed by atoms with Crippen LogP contribution in [0.5, 0.6) is 0 Å². The topological polar surface area (TPSA) is 104 Å². The molecule has 2 saturated heterocycles. The minimum Gasteiger partial charge on any atom is -0.481 e. The second-order valence-electron chi connectivity index (χ2n) is 6.30. The number of aliphatic imine (C=N–C) groups is 1. The molecule has 1 aromatic carbocycles. The largest absolute Gasteiger partial charge is 0.481 e. The monoisotopic (exact) mass is 450 g/mol. The fourth-order valence-electron chi connectivity index (χ4n) is 3.08. The van der Waals surface area contributed by atoms with Gasteiger partial charge in [0.1, 0.15) is 0 Å². The zero-order chi connectivity index (χ0) is 19.8. The average Bonchev–Trinajstić information content (AvgIpc) is 2.98. The van der Waals surface area contributed by atoms with Gasteiger partial charge in [0.05, 0.1) is 28.3 Å². The van der Waals surface area contributed by atoms with E-state index in [0.29, 0.717) is 20.9 Å². The standard InChI is InChI=1S/C16H16Cl2N2O5S2/c17-9-4-5-11(10(18)6-9)20-12-7-27(24,25)8-13(12)26-16(20)19-14(21)2-1-3-15(22)23/h4-6,12-13H,1-3,7-8H2,(H,22,23)/t12-,13-/m1/s1. The fourth-order valence-corrected chi connectivity index (χ4v) is 7.50. The van der Waals surface area contributed by atoms with Crippen LogP contribution in [0.4, 0.5) is 5.69 Å². The summed E-state index contributed by atoms with van der Waals surface area (Å²) in [5, 5.41) is 9.58. The molecule has 2 aliphatic rings. The highest BCUT2D eigenvalue weighted by Gasteiger charge is 2.49. The number of carbonyl (C=O) groups excluding carboxylic acids is 1. The molecule has 27 heavy (non-hydrogen) atoms. The Morgan fingerprint density at radius 1 is 1.26 bits per heavy atom. The average molecular weight is 451 g/mol. The lowest BCUT2D eigenvalue weighted by atomic mass is 10.2. The molecule has 1 aromatic rings. The Kier molecular flexibility index (Phi) is 6.05. The van der Waals surface area contributed by atoms with E-state index in [4.69, 9.17) is 28.3 Å². The van der Waals surface area contributed by atoms with Gasteiger partial charge in [-0.05, 0) is 24.6 Å². The van der Waals surface area contributed by atoms with Crippen molar-refractivity contribution in [1.82, 2.24) is 0 Å². The van der Waals surface area contributed by atoms with Crippen LogP contribution in [0.25, 0.3) is 0 Å². The van der Waals surface area contributed by atoms with Crippen LogP contribution in [-0.2, 0) is 19.4 Å². The lowest BCUT2D eigenvalue weighted by molar-refractivity contribution is -0.137. The van der Waals surface area contributed by atoms with Crippen LogP contribution in [0.15, 0.2) is 23.2 Å². The smallest absolute Gasteiger partial charge is 0.303 e. The number of amides is 1. The van der Waals surface area contributed by atoms with E-state index in [9.17, 15) is 18.0 Å². The van der Waals surface area contributed by atoms with E-state index in [1.165, 1.54) is 11.8 Å². The first-order chi connectivity index (χ1) is 12.7. The van der Waals surface area contributed by atoms with Gasteiger partial charge in [0, 0.05) is 23.1 Å². The maximum absolute atomic E-state index is 12.2. The first kappa shape index (κ1) is 20.4. The summed E-state index contributed by atoms with van der Waals surface area (Å²) in [5.41, 5.74) is 0.537. The molecule has 2 aliphatic heterocycles. The van der Waals surface area contributed by atoms with Crippen molar-refractivity contribution >= 4 is 67.5 Å². The number of sulfone groups is 1. The lowest BCUT2D eigenvalue weighted by Gasteiger charge is -2.25. The fraction of sp³-hybridized carbons (Fsp3) is 0.438. The molecule has 2 atom stereocenters. The predicted molar refractivity (Wildman–Crippen MR) is 107 cm³/mol. The van der Waals surface area contributed by atoms with Gasteiger partial charge in [-0.2, -0.15) is 4.99 Å². The third-order valence-corrected chi connectivity index (χ3v) is 7.99. The van der Waals surface area contributed by atoms with E-state index in [1.54, 1.807) is 23.1 Å². The Morgan fingerprint density at radius 3 is 2.67 bits per heavy atom. The molecule has 0 aliphatic carbocycles. The van der Waals surface area contributed by atoms with Crippen molar-refractivity contribution in [3.05, 3.63) is 28.2 Å². The van der Waals surface area contributed by atoms with Crippen molar-refractivity contribution in [1.29, 1.82) is 0 Å². The summed E-state index contributed by atoms with van der Waals surface area (Å²) in [6.07, 6.45) is 0.0880. The second-order valence-corrected chi connectivity index (χ2v) is 10.5. The number of carboxylic acids is 1. The van der Waals surface area contributed by atoms with Gasteiger partial charge in [0.15, 0.2) is 15.0 Å². The molecule has 0 spiro atoms. The third-order valence-electron chi connectivity index (χ3n) is 4.24. The summed E-state index contributed by atoms with van der Waals surface area (Å²) in [7, 11) is -3.18. The number of rotatable bonds is 5. The Labute approximate surface area is 170 Å². The van der Waals surface area contributed by atoms with E-state index in [1.807, 2.05) is 0 Å². The number of fused-ring (bicyclic) bond motifs is 1. The SMILES string of the molecule is O=C(O)CCCC(=O)N=C1S[C@@H]2CS(=O)(=O)C[C@H]2N1c1ccc(Cl)cc1Cl. The molecular weight excluding hydrogens is 435 g/mol. The first-order valence-corrected chi connectivity index (χ1v) is 11.6. The number of benzene rings is 1. The van der Waals surface area contributed by atoms with Gasteiger partial charge in [0.2, 0.25) is 5.91 Å². The van der Waals surface area contributed by atoms with Crippen LogP contribution < -0.4 is 4.90 Å². The number of carbonyl (C=O) groups is 2. The number of nitrogens with zero attached hydrogens (tertiary/aromatic N) is 2. The van der Waals surface area contributed by atoms with Crippen LogP contribution in [-0.4, -0.2) is 53.4 Å². The number of hydrogen-bond acceptors (Lipinski definition) is 5. The Hall–Kier alpha value is -1.29. The molecule has 0 unspecified atom stereocenters. The van der Waals surface area contributed by atoms with Gasteiger partial charge in [-0.1, -0.05) is 35.0 Å². The molecule has 146 valence electrons. The van der Waals surface area contributed by atoms with Gasteiger partial charge < -0.3 is 10.0 Å². The van der Waals surface area contributed by atoms with Crippen LogP contribution in [0.2, 0.25) is 10.0 Å². The third kappa shape index (κ3) is 4.77. The normalized spacial score (nSPS) is 25.0. The van der Waals surface area contributed by atoms with Crippen LogP contribution >= 0.6 is 35.0 Å². The van der Waals surface area contributed by atoms with Crippen molar-refractivity contribution in [2.75, 3.05) is 16.4 Å². The van der Waals surface area contributed by atoms with Gasteiger partial charge in [-0.25, -0.2) is 8.42 Å². The van der Waals surface area contributed by atoms with Gasteiger partial charge in [0.25, 0.3) is 0 Å². The summed E-state index contributed by atoms with van der Waals surface area (Å²) < 4.78 is 24.1. The molecule has 2 fully saturated rings.